The number of hydrogen-bond acceptors (Lipinski definition) is 12. The smallest absolute Gasteiger partial charge is 0.319 e. The van der Waals surface area contributed by atoms with Crippen LogP contribution in [0.4, 0.5) is 0 Å². The highest BCUT2D eigenvalue weighted by atomic mass is 32.2. The molecule has 196 valence electrons. The molecule has 0 N–H and O–H groups in total. The standard InChI is InChI=1S/C11H18O4S2.C7H12O2S2.C4H6O2/c1-5-14-11(13)7(2)6-10(15-8(3)12)17-9(4)16;1-4-9-7(8)5(2)11-6(3)10;1-3-6-4(2)5/h7,10H,5-6H2,1-4H3;5H,4H2,1-3H3;3H,1H2,2H3. The Morgan fingerprint density at radius 1 is 0.853 bits per heavy atom. The second kappa shape index (κ2) is 23.3. The van der Waals surface area contributed by atoms with E-state index in [0.29, 0.717) is 23.8 Å². The van der Waals surface area contributed by atoms with E-state index in [1.165, 1.54) is 37.4 Å². The van der Waals surface area contributed by atoms with Gasteiger partial charge in [0.25, 0.3) is 0 Å². The Kier molecular flexibility index (Phi) is 25.3. The number of carbonyl (C=O) groups is 4. The molecule has 0 heterocycles. The fourth-order valence-corrected chi connectivity index (χ4v) is 4.19. The lowest BCUT2D eigenvalue weighted by Crippen LogP contribution is -2.23. The van der Waals surface area contributed by atoms with Crippen molar-refractivity contribution in [3.8, 4) is 0 Å². The third-order valence-corrected chi connectivity index (χ3v) is 5.38. The van der Waals surface area contributed by atoms with Crippen LogP contribution in [-0.4, -0.2) is 56.2 Å². The number of thioether (sulfide) groups is 2. The SMILES string of the molecule is C=COC(C)=O.CCOC(=O)C(C)CC(OC(C)=O)SC(C)=S.CCOC(=O)C(C)SC(C)=S. The molecule has 3 unspecified atom stereocenters. The van der Waals surface area contributed by atoms with E-state index in [1.54, 1.807) is 41.5 Å². The third-order valence-electron chi connectivity index (χ3n) is 3.04. The molecule has 8 nitrogen and oxygen atoms in total. The van der Waals surface area contributed by atoms with Gasteiger partial charge in [0.15, 0.2) is 5.44 Å². The van der Waals surface area contributed by atoms with Crippen molar-refractivity contribution in [2.24, 2.45) is 5.92 Å². The van der Waals surface area contributed by atoms with E-state index < -0.39 is 5.44 Å². The quantitative estimate of drug-likeness (QED) is 0.115. The predicted molar refractivity (Wildman–Crippen MR) is 146 cm³/mol. The Morgan fingerprint density at radius 2 is 1.32 bits per heavy atom. The van der Waals surface area contributed by atoms with Gasteiger partial charge in [0.2, 0.25) is 0 Å². The summed E-state index contributed by atoms with van der Waals surface area (Å²) in [6, 6.07) is 0. The van der Waals surface area contributed by atoms with Gasteiger partial charge in [0.1, 0.15) is 5.25 Å². The summed E-state index contributed by atoms with van der Waals surface area (Å²) in [5, 5.41) is -0.174. The number of ether oxygens (including phenoxy) is 4. The molecule has 0 saturated carbocycles. The molecule has 0 aromatic heterocycles. The molecule has 0 bridgehead atoms. The van der Waals surface area contributed by atoms with Crippen LogP contribution in [0.1, 0.15) is 61.8 Å². The minimum absolute atomic E-state index is 0.174. The summed E-state index contributed by atoms with van der Waals surface area (Å²) in [6.07, 6.45) is 1.50. The molecule has 0 aromatic rings. The molecule has 0 fully saturated rings. The van der Waals surface area contributed by atoms with Crippen molar-refractivity contribution in [3.05, 3.63) is 12.8 Å². The van der Waals surface area contributed by atoms with E-state index in [-0.39, 0.29) is 35.0 Å². The van der Waals surface area contributed by atoms with Crippen molar-refractivity contribution >= 4 is 80.2 Å². The van der Waals surface area contributed by atoms with Crippen LogP contribution < -0.4 is 0 Å². The van der Waals surface area contributed by atoms with E-state index in [0.717, 1.165) is 10.5 Å². The summed E-state index contributed by atoms with van der Waals surface area (Å²) in [7, 11) is 0. The van der Waals surface area contributed by atoms with Gasteiger partial charge in [-0.25, -0.2) is 0 Å². The predicted octanol–water partition coefficient (Wildman–Crippen LogP) is 5.26. The lowest BCUT2D eigenvalue weighted by Gasteiger charge is -2.19. The molecular formula is C22H36O8S4. The van der Waals surface area contributed by atoms with Crippen LogP contribution in [0.25, 0.3) is 0 Å². The van der Waals surface area contributed by atoms with Gasteiger partial charge in [-0.05, 0) is 34.6 Å². The van der Waals surface area contributed by atoms with Gasteiger partial charge < -0.3 is 18.9 Å². The van der Waals surface area contributed by atoms with E-state index in [4.69, 9.17) is 38.6 Å². The molecule has 3 atom stereocenters. The van der Waals surface area contributed by atoms with Gasteiger partial charge in [0.05, 0.1) is 25.4 Å². The molecule has 12 heteroatoms. The Labute approximate surface area is 222 Å². The van der Waals surface area contributed by atoms with E-state index in [9.17, 15) is 19.2 Å². The van der Waals surface area contributed by atoms with Crippen LogP contribution in [0.15, 0.2) is 12.8 Å². The Hall–Kier alpha value is -1.50. The van der Waals surface area contributed by atoms with Crippen molar-refractivity contribution < 1.29 is 38.1 Å². The zero-order valence-electron chi connectivity index (χ0n) is 21.0. The van der Waals surface area contributed by atoms with Gasteiger partial charge >= 0.3 is 23.9 Å². The van der Waals surface area contributed by atoms with Gasteiger partial charge in [-0.2, -0.15) is 0 Å². The zero-order chi connectivity index (χ0) is 27.3. The summed E-state index contributed by atoms with van der Waals surface area (Å²) in [6.45, 7) is 17.2. The first kappa shape index (κ1) is 37.1. The van der Waals surface area contributed by atoms with Crippen molar-refractivity contribution in [2.75, 3.05) is 13.2 Å². The number of esters is 4. The average Bonchev–Trinajstić information content (AvgIpc) is 2.67. The Balaban J connectivity index is -0.000000482. The molecule has 0 aliphatic rings. The maximum absolute atomic E-state index is 11.4. The lowest BCUT2D eigenvalue weighted by atomic mass is 10.1. The van der Waals surface area contributed by atoms with Gasteiger partial charge in [0, 0.05) is 28.7 Å². The average molecular weight is 557 g/mol. The van der Waals surface area contributed by atoms with Crippen molar-refractivity contribution in [1.82, 2.24) is 0 Å². The molecule has 0 saturated heterocycles. The van der Waals surface area contributed by atoms with E-state index in [2.05, 4.69) is 11.3 Å². The highest BCUT2D eigenvalue weighted by Gasteiger charge is 2.23. The topological polar surface area (TPSA) is 105 Å². The van der Waals surface area contributed by atoms with Crippen molar-refractivity contribution in [1.29, 1.82) is 0 Å². The van der Waals surface area contributed by atoms with Gasteiger partial charge in [-0.3, -0.25) is 19.2 Å². The maximum Gasteiger partial charge on any atom is 0.319 e. The third kappa shape index (κ3) is 26.7. The van der Waals surface area contributed by atoms with Crippen molar-refractivity contribution in [2.45, 2.75) is 72.5 Å². The van der Waals surface area contributed by atoms with E-state index in [1.807, 2.05) is 0 Å². The Bertz CT molecular complexity index is 666. The van der Waals surface area contributed by atoms with Crippen molar-refractivity contribution in [3.63, 3.8) is 0 Å². The van der Waals surface area contributed by atoms with Gasteiger partial charge in [-0.15, -0.1) is 11.8 Å². The lowest BCUT2D eigenvalue weighted by molar-refractivity contribution is -0.151. The first-order valence-electron chi connectivity index (χ1n) is 10.3. The fourth-order valence-electron chi connectivity index (χ4n) is 1.83. The molecular weight excluding hydrogens is 521 g/mol. The second-order valence-corrected chi connectivity index (χ2v) is 11.0. The van der Waals surface area contributed by atoms with Crippen LogP contribution in [0.3, 0.4) is 0 Å². The van der Waals surface area contributed by atoms with Crippen LogP contribution >= 0.6 is 48.0 Å². The zero-order valence-corrected chi connectivity index (χ0v) is 24.3. The maximum atomic E-state index is 11.4. The molecule has 0 aromatic carbocycles. The minimum atomic E-state index is -0.426. The summed E-state index contributed by atoms with van der Waals surface area (Å²) in [4.78, 5) is 43.1. The number of hydrogen-bond donors (Lipinski definition) is 0. The first-order chi connectivity index (χ1) is 15.7. The van der Waals surface area contributed by atoms with Crippen LogP contribution in [-0.2, 0) is 38.1 Å². The monoisotopic (exact) mass is 556 g/mol. The normalized spacial score (nSPS) is 12.0. The van der Waals surface area contributed by atoms with Crippen LogP contribution in [0, 0.1) is 5.92 Å². The molecule has 0 amide bonds. The van der Waals surface area contributed by atoms with Crippen LogP contribution in [0.5, 0.6) is 0 Å². The van der Waals surface area contributed by atoms with Gasteiger partial charge in [-0.1, -0.05) is 49.7 Å². The molecule has 34 heavy (non-hydrogen) atoms. The number of carbonyl (C=O) groups excluding carboxylic acids is 4. The molecule has 0 radical (unpaired) electrons. The minimum Gasteiger partial charge on any atom is -0.466 e. The first-order valence-corrected chi connectivity index (χ1v) is 12.9. The molecule has 0 rings (SSSR count). The fraction of sp³-hybridized carbons (Fsp3) is 0.636. The summed E-state index contributed by atoms with van der Waals surface area (Å²) < 4.78 is 20.4. The Morgan fingerprint density at radius 3 is 1.65 bits per heavy atom. The van der Waals surface area contributed by atoms with Crippen LogP contribution in [0.2, 0.25) is 0 Å². The summed E-state index contributed by atoms with van der Waals surface area (Å²) in [5.41, 5.74) is -0.426. The highest BCUT2D eigenvalue weighted by Crippen LogP contribution is 2.23. The molecule has 0 aliphatic carbocycles. The van der Waals surface area contributed by atoms with E-state index >= 15 is 0 Å². The largest absolute Gasteiger partial charge is 0.466 e. The highest BCUT2D eigenvalue weighted by molar-refractivity contribution is 8.24. The number of thiocarbonyl (C=S) groups is 2. The second-order valence-electron chi connectivity index (χ2n) is 6.32. The molecule has 0 aliphatic heterocycles. The summed E-state index contributed by atoms with van der Waals surface area (Å²) >= 11 is 12.4. The molecule has 0 spiro atoms. The number of rotatable bonds is 10. The summed E-state index contributed by atoms with van der Waals surface area (Å²) in [5.74, 6) is -1.50.